The Hall–Kier alpha value is -4.68. The van der Waals surface area contributed by atoms with Crippen molar-refractivity contribution in [3.05, 3.63) is 59.0 Å². The molecular formula is C21H22N8O5. The molecule has 1 amide bonds. The summed E-state index contributed by atoms with van der Waals surface area (Å²) in [5.74, 6) is 1.45. The Labute approximate surface area is 193 Å². The van der Waals surface area contributed by atoms with Crippen LogP contribution in [0.15, 0.2) is 47.8 Å². The number of hydrogen-bond acceptors (Lipinski definition) is 9. The van der Waals surface area contributed by atoms with Gasteiger partial charge in [-0.15, -0.1) is 5.10 Å². The fourth-order valence-electron chi connectivity index (χ4n) is 3.23. The van der Waals surface area contributed by atoms with Crippen LogP contribution in [0.5, 0.6) is 17.2 Å². The summed E-state index contributed by atoms with van der Waals surface area (Å²) in [6.07, 6.45) is 2.84. The van der Waals surface area contributed by atoms with Gasteiger partial charge in [-0.1, -0.05) is 0 Å². The van der Waals surface area contributed by atoms with E-state index in [0.717, 1.165) is 0 Å². The molecule has 4 aromatic rings. The highest BCUT2D eigenvalue weighted by Crippen LogP contribution is 2.40. The van der Waals surface area contributed by atoms with E-state index in [4.69, 9.17) is 14.2 Å². The topological polar surface area (TPSA) is 151 Å². The Morgan fingerprint density at radius 3 is 2.50 bits per heavy atom. The predicted octanol–water partition coefficient (Wildman–Crippen LogP) is 0.670. The number of nitrogens with one attached hydrogen (secondary N) is 2. The molecule has 0 saturated heterocycles. The van der Waals surface area contributed by atoms with Crippen molar-refractivity contribution in [1.29, 1.82) is 0 Å². The predicted molar refractivity (Wildman–Crippen MR) is 119 cm³/mol. The van der Waals surface area contributed by atoms with E-state index in [2.05, 4.69) is 30.7 Å². The van der Waals surface area contributed by atoms with Gasteiger partial charge in [-0.05, 0) is 24.3 Å². The van der Waals surface area contributed by atoms with Gasteiger partial charge in [0.1, 0.15) is 18.3 Å². The summed E-state index contributed by atoms with van der Waals surface area (Å²) >= 11 is 0. The summed E-state index contributed by atoms with van der Waals surface area (Å²) in [6.45, 7) is 0.339. The van der Waals surface area contributed by atoms with Gasteiger partial charge in [0.2, 0.25) is 5.75 Å². The molecule has 0 spiro atoms. The quantitative estimate of drug-likeness (QED) is 0.363. The van der Waals surface area contributed by atoms with Gasteiger partial charge in [0, 0.05) is 18.2 Å². The number of aromatic amines is 1. The van der Waals surface area contributed by atoms with Crippen LogP contribution in [0.3, 0.4) is 0 Å². The van der Waals surface area contributed by atoms with Crippen molar-refractivity contribution in [2.45, 2.75) is 6.54 Å². The summed E-state index contributed by atoms with van der Waals surface area (Å²) in [4.78, 5) is 28.5. The van der Waals surface area contributed by atoms with Crippen LogP contribution >= 0.6 is 0 Å². The first-order valence-electron chi connectivity index (χ1n) is 10.1. The van der Waals surface area contributed by atoms with Gasteiger partial charge in [0.05, 0.1) is 33.6 Å². The minimum atomic E-state index is -0.383. The fraction of sp³-hybridized carbons (Fsp3) is 0.238. The second kappa shape index (κ2) is 9.85. The van der Waals surface area contributed by atoms with Crippen LogP contribution in [0.1, 0.15) is 10.5 Å². The summed E-state index contributed by atoms with van der Waals surface area (Å²) in [6, 6.07) is 8.00. The molecule has 13 nitrogen and oxygen atoms in total. The molecule has 1 aromatic carbocycles. The van der Waals surface area contributed by atoms with Crippen molar-refractivity contribution in [2.75, 3.05) is 27.9 Å². The highest BCUT2D eigenvalue weighted by atomic mass is 16.5. The molecule has 3 heterocycles. The zero-order valence-electron chi connectivity index (χ0n) is 18.7. The number of hydrogen-bond donors (Lipinski definition) is 2. The first-order chi connectivity index (χ1) is 16.5. The minimum Gasteiger partial charge on any atom is -0.493 e. The lowest BCUT2D eigenvalue weighted by molar-refractivity contribution is 0.0946. The lowest BCUT2D eigenvalue weighted by atomic mass is 10.1. The van der Waals surface area contributed by atoms with Crippen LogP contribution in [-0.2, 0) is 6.54 Å². The Morgan fingerprint density at radius 1 is 1.09 bits per heavy atom. The van der Waals surface area contributed by atoms with Crippen LogP contribution in [0, 0.1) is 0 Å². The van der Waals surface area contributed by atoms with Crippen molar-refractivity contribution in [3.8, 4) is 34.3 Å². The lowest BCUT2D eigenvalue weighted by Gasteiger charge is -2.13. The molecule has 0 aliphatic rings. The third kappa shape index (κ3) is 4.57. The van der Waals surface area contributed by atoms with Crippen molar-refractivity contribution in [3.63, 3.8) is 0 Å². The smallest absolute Gasteiger partial charge is 0.269 e. The number of ether oxygens (including phenoxy) is 3. The first kappa shape index (κ1) is 22.5. The van der Waals surface area contributed by atoms with Crippen molar-refractivity contribution in [1.82, 2.24) is 40.1 Å². The number of benzene rings is 1. The maximum Gasteiger partial charge on any atom is 0.269 e. The molecule has 0 radical (unpaired) electrons. The molecule has 176 valence electrons. The molecule has 0 fully saturated rings. The molecule has 34 heavy (non-hydrogen) atoms. The van der Waals surface area contributed by atoms with E-state index in [1.807, 2.05) is 0 Å². The second-order valence-electron chi connectivity index (χ2n) is 6.93. The molecule has 4 rings (SSSR count). The first-order valence-corrected chi connectivity index (χ1v) is 10.1. The largest absolute Gasteiger partial charge is 0.493 e. The molecule has 2 N–H and O–H groups in total. The highest BCUT2D eigenvalue weighted by Gasteiger charge is 2.17. The van der Waals surface area contributed by atoms with Crippen LogP contribution in [0.4, 0.5) is 0 Å². The average Bonchev–Trinajstić information content (AvgIpc) is 3.57. The number of carbonyl (C=O) groups is 1. The van der Waals surface area contributed by atoms with E-state index in [1.165, 1.54) is 49.4 Å². The number of methoxy groups -OCH3 is 3. The van der Waals surface area contributed by atoms with Gasteiger partial charge in [-0.2, -0.15) is 10.2 Å². The van der Waals surface area contributed by atoms with Crippen molar-refractivity contribution in [2.24, 2.45) is 0 Å². The van der Waals surface area contributed by atoms with Crippen LogP contribution in [0.2, 0.25) is 0 Å². The normalized spacial score (nSPS) is 10.7. The van der Waals surface area contributed by atoms with Gasteiger partial charge >= 0.3 is 0 Å². The van der Waals surface area contributed by atoms with E-state index in [9.17, 15) is 9.59 Å². The second-order valence-corrected chi connectivity index (χ2v) is 6.93. The highest BCUT2D eigenvalue weighted by molar-refractivity contribution is 5.93. The maximum absolute atomic E-state index is 12.6. The number of rotatable bonds is 9. The van der Waals surface area contributed by atoms with Gasteiger partial charge < -0.3 is 19.5 Å². The molecule has 0 saturated carbocycles. The van der Waals surface area contributed by atoms with E-state index in [0.29, 0.717) is 34.3 Å². The van der Waals surface area contributed by atoms with E-state index >= 15 is 0 Å². The molecule has 0 aliphatic heterocycles. The van der Waals surface area contributed by atoms with Crippen LogP contribution in [-0.4, -0.2) is 68.5 Å². The Morgan fingerprint density at radius 2 is 1.85 bits per heavy atom. The Balaban J connectivity index is 1.44. The summed E-state index contributed by atoms with van der Waals surface area (Å²) in [5.41, 5.74) is 1.14. The Bertz CT molecular complexity index is 1320. The molecular weight excluding hydrogens is 444 g/mol. The van der Waals surface area contributed by atoms with Crippen LogP contribution in [0.25, 0.3) is 17.1 Å². The third-order valence-electron chi connectivity index (χ3n) is 4.90. The van der Waals surface area contributed by atoms with Crippen molar-refractivity contribution >= 4 is 5.91 Å². The average molecular weight is 466 g/mol. The molecule has 0 bridgehead atoms. The monoisotopic (exact) mass is 466 g/mol. The van der Waals surface area contributed by atoms with Gasteiger partial charge in [0.25, 0.3) is 11.5 Å². The number of aromatic nitrogens is 7. The van der Waals surface area contributed by atoms with E-state index in [1.54, 1.807) is 24.3 Å². The zero-order chi connectivity index (χ0) is 24.1. The SMILES string of the molecule is COc1cc(-c2cc(C(=O)NCCn3nc(-n4cncn4)ccc3=O)[nH]n2)cc(OC)c1OC. The zero-order valence-corrected chi connectivity index (χ0v) is 18.7. The summed E-state index contributed by atoms with van der Waals surface area (Å²) in [5, 5.41) is 17.9. The fourth-order valence-corrected chi connectivity index (χ4v) is 3.23. The third-order valence-corrected chi connectivity index (χ3v) is 4.90. The molecule has 0 unspecified atom stereocenters. The number of carbonyl (C=O) groups excluding carboxylic acids is 1. The lowest BCUT2D eigenvalue weighted by Crippen LogP contribution is -2.32. The van der Waals surface area contributed by atoms with E-state index in [-0.39, 0.29) is 30.2 Å². The van der Waals surface area contributed by atoms with Gasteiger partial charge in [0.15, 0.2) is 17.3 Å². The number of H-pyrrole nitrogens is 1. The van der Waals surface area contributed by atoms with E-state index < -0.39 is 0 Å². The molecule has 0 aliphatic carbocycles. The van der Waals surface area contributed by atoms with Gasteiger partial charge in [-0.3, -0.25) is 14.7 Å². The van der Waals surface area contributed by atoms with Crippen LogP contribution < -0.4 is 25.1 Å². The summed E-state index contributed by atoms with van der Waals surface area (Å²) < 4.78 is 18.7. The molecule has 0 atom stereocenters. The van der Waals surface area contributed by atoms with Gasteiger partial charge in [-0.25, -0.2) is 14.3 Å². The molecule has 13 heteroatoms. The minimum absolute atomic E-state index is 0.168. The standard InChI is InChI=1S/C21H22N8O5/c1-32-16-8-13(9-17(33-2)20(16)34-3)14-10-15(26-25-14)21(31)23-6-7-28-19(30)5-4-18(27-28)29-12-22-11-24-29/h4-5,8-12H,6-7H2,1-3H3,(H,23,31)(H,25,26). The molecule has 3 aromatic heterocycles. The maximum atomic E-state index is 12.6. The number of nitrogens with zero attached hydrogens (tertiary/aromatic N) is 6. The van der Waals surface area contributed by atoms with Crippen molar-refractivity contribution < 1.29 is 19.0 Å². The number of amides is 1. The Kier molecular flexibility index (Phi) is 6.52. The summed E-state index contributed by atoms with van der Waals surface area (Å²) in [7, 11) is 4.56.